The normalized spacial score (nSPS) is 16.6. The number of anilines is 1. The summed E-state index contributed by atoms with van der Waals surface area (Å²) in [6, 6.07) is 15.3. The van der Waals surface area contributed by atoms with Crippen LogP contribution in [0.3, 0.4) is 0 Å². The fourth-order valence-electron chi connectivity index (χ4n) is 2.43. The number of halogens is 1. The highest BCUT2D eigenvalue weighted by Gasteiger charge is 2.40. The zero-order chi connectivity index (χ0) is 17.9. The lowest BCUT2D eigenvalue weighted by Gasteiger charge is -2.17. The van der Waals surface area contributed by atoms with Gasteiger partial charge >= 0.3 is 0 Å². The van der Waals surface area contributed by atoms with E-state index in [0.29, 0.717) is 18.2 Å². The van der Waals surface area contributed by atoms with Crippen molar-refractivity contribution in [2.75, 3.05) is 12.0 Å². The number of nitrogens with zero attached hydrogens (tertiary/aromatic N) is 2. The van der Waals surface area contributed by atoms with Gasteiger partial charge in [0.05, 0.1) is 30.5 Å². The monoisotopic (exact) mass is 357 g/mol. The Balaban J connectivity index is 1.63. The first-order valence-electron chi connectivity index (χ1n) is 8.03. The molecule has 130 valence electrons. The summed E-state index contributed by atoms with van der Waals surface area (Å²) in [6.45, 7) is 4.45. The Morgan fingerprint density at radius 1 is 1.28 bits per heavy atom. The van der Waals surface area contributed by atoms with E-state index >= 15 is 0 Å². The number of carbonyl (C=O) groups excluding carboxylic acids is 1. The predicted octanol–water partition coefficient (Wildman–Crippen LogP) is 4.09. The fourth-order valence-corrected chi connectivity index (χ4v) is 2.68. The van der Waals surface area contributed by atoms with Crippen molar-refractivity contribution in [3.05, 3.63) is 64.7 Å². The Labute approximate surface area is 152 Å². The molecule has 6 heteroatoms. The van der Waals surface area contributed by atoms with Crippen molar-refractivity contribution in [1.82, 2.24) is 5.06 Å². The standard InChI is InChI=1S/C19H20ClN3O2/c1-19(2)13-25-23(18(19)24)12-15-8-9-16(10-17(15)20)22-21-11-14-6-4-3-5-7-14/h3-11,22H,12-13H2,1-2H3. The number of rotatable bonds is 5. The van der Waals surface area contributed by atoms with Crippen LogP contribution in [0.1, 0.15) is 25.0 Å². The molecule has 3 rings (SSSR count). The van der Waals surface area contributed by atoms with Gasteiger partial charge in [-0.05, 0) is 37.1 Å². The van der Waals surface area contributed by atoms with E-state index in [9.17, 15) is 4.79 Å². The van der Waals surface area contributed by atoms with E-state index in [2.05, 4.69) is 10.5 Å². The van der Waals surface area contributed by atoms with Crippen LogP contribution >= 0.6 is 11.6 Å². The SMILES string of the molecule is CC1(C)CON(Cc2ccc(NN=Cc3ccccc3)cc2Cl)C1=O. The molecule has 0 aromatic heterocycles. The maximum atomic E-state index is 12.2. The third kappa shape index (κ3) is 4.18. The van der Waals surface area contributed by atoms with Crippen LogP contribution in [0.5, 0.6) is 0 Å². The molecule has 0 radical (unpaired) electrons. The van der Waals surface area contributed by atoms with Crippen LogP contribution < -0.4 is 5.43 Å². The molecule has 0 saturated carbocycles. The molecule has 0 bridgehead atoms. The third-order valence-corrected chi connectivity index (χ3v) is 4.31. The van der Waals surface area contributed by atoms with Crippen molar-refractivity contribution < 1.29 is 9.63 Å². The number of hydrogen-bond acceptors (Lipinski definition) is 4. The summed E-state index contributed by atoms with van der Waals surface area (Å²) >= 11 is 6.34. The number of hydrazone groups is 1. The summed E-state index contributed by atoms with van der Waals surface area (Å²) < 4.78 is 0. The van der Waals surface area contributed by atoms with Gasteiger partial charge in [-0.15, -0.1) is 0 Å². The minimum absolute atomic E-state index is 0.0294. The molecule has 2 aromatic rings. The smallest absolute Gasteiger partial charge is 0.254 e. The van der Waals surface area contributed by atoms with Crippen LogP contribution in [-0.4, -0.2) is 23.8 Å². The van der Waals surface area contributed by atoms with E-state index in [1.165, 1.54) is 5.06 Å². The van der Waals surface area contributed by atoms with Gasteiger partial charge in [-0.25, -0.2) is 5.06 Å². The second-order valence-corrected chi connectivity index (χ2v) is 6.99. The molecule has 1 heterocycles. The first-order valence-corrected chi connectivity index (χ1v) is 8.41. The van der Waals surface area contributed by atoms with E-state index in [-0.39, 0.29) is 5.91 Å². The molecule has 1 amide bonds. The van der Waals surface area contributed by atoms with Crippen LogP contribution in [0.2, 0.25) is 5.02 Å². The van der Waals surface area contributed by atoms with E-state index in [0.717, 1.165) is 16.8 Å². The van der Waals surface area contributed by atoms with Crippen LogP contribution in [0.4, 0.5) is 5.69 Å². The average Bonchev–Trinajstić information content (AvgIpc) is 2.85. The minimum atomic E-state index is -0.486. The zero-order valence-electron chi connectivity index (χ0n) is 14.2. The highest BCUT2D eigenvalue weighted by Crippen LogP contribution is 2.30. The van der Waals surface area contributed by atoms with Crippen LogP contribution in [0.15, 0.2) is 53.6 Å². The van der Waals surface area contributed by atoms with E-state index in [1.807, 2.05) is 56.3 Å². The zero-order valence-corrected chi connectivity index (χ0v) is 15.0. The highest BCUT2D eigenvalue weighted by atomic mass is 35.5. The van der Waals surface area contributed by atoms with E-state index in [4.69, 9.17) is 16.4 Å². The molecule has 1 fully saturated rings. The molecule has 1 saturated heterocycles. The number of carbonyl (C=O) groups is 1. The molecule has 0 spiro atoms. The largest absolute Gasteiger partial charge is 0.278 e. The fraction of sp³-hybridized carbons (Fsp3) is 0.263. The maximum absolute atomic E-state index is 12.2. The Kier molecular flexibility index (Phi) is 5.06. The molecule has 1 aliphatic heterocycles. The second kappa shape index (κ2) is 7.25. The maximum Gasteiger partial charge on any atom is 0.254 e. The summed E-state index contributed by atoms with van der Waals surface area (Å²) in [5.74, 6) is -0.0294. The molecule has 1 aliphatic rings. The summed E-state index contributed by atoms with van der Waals surface area (Å²) in [6.07, 6.45) is 1.74. The van der Waals surface area contributed by atoms with Crippen LogP contribution in [0.25, 0.3) is 0 Å². The molecule has 0 atom stereocenters. The van der Waals surface area contributed by atoms with Gasteiger partial charge in [0.1, 0.15) is 0 Å². The van der Waals surface area contributed by atoms with Crippen molar-refractivity contribution in [3.63, 3.8) is 0 Å². The Bertz CT molecular complexity index is 791. The highest BCUT2D eigenvalue weighted by molar-refractivity contribution is 6.31. The van der Waals surface area contributed by atoms with Crippen molar-refractivity contribution >= 4 is 29.4 Å². The van der Waals surface area contributed by atoms with E-state index in [1.54, 1.807) is 12.3 Å². The number of benzene rings is 2. The Hall–Kier alpha value is -2.37. The molecule has 0 unspecified atom stereocenters. The first kappa shape index (κ1) is 17.5. The molecule has 1 N–H and O–H groups in total. The minimum Gasteiger partial charge on any atom is -0.278 e. The van der Waals surface area contributed by atoms with Gasteiger partial charge in [-0.1, -0.05) is 48.0 Å². The topological polar surface area (TPSA) is 53.9 Å². The van der Waals surface area contributed by atoms with Gasteiger partial charge in [0.25, 0.3) is 5.91 Å². The predicted molar refractivity (Wildman–Crippen MR) is 99.4 cm³/mol. The van der Waals surface area contributed by atoms with Crippen molar-refractivity contribution in [3.8, 4) is 0 Å². The van der Waals surface area contributed by atoms with E-state index < -0.39 is 5.41 Å². The van der Waals surface area contributed by atoms with Crippen molar-refractivity contribution in [2.45, 2.75) is 20.4 Å². The third-order valence-electron chi connectivity index (χ3n) is 3.96. The van der Waals surface area contributed by atoms with Crippen molar-refractivity contribution in [1.29, 1.82) is 0 Å². The molecule has 0 aliphatic carbocycles. The van der Waals surface area contributed by atoms with Gasteiger partial charge < -0.3 is 0 Å². The van der Waals surface area contributed by atoms with Gasteiger partial charge in [0.15, 0.2) is 0 Å². The lowest BCUT2D eigenvalue weighted by Crippen LogP contribution is -2.30. The van der Waals surface area contributed by atoms with Gasteiger partial charge in [0, 0.05) is 5.02 Å². The van der Waals surface area contributed by atoms with Gasteiger partial charge in [-0.3, -0.25) is 15.1 Å². The summed E-state index contributed by atoms with van der Waals surface area (Å²) in [4.78, 5) is 17.7. The number of hydroxylamine groups is 2. The average molecular weight is 358 g/mol. The summed E-state index contributed by atoms with van der Waals surface area (Å²) in [7, 11) is 0. The summed E-state index contributed by atoms with van der Waals surface area (Å²) in [5.41, 5.74) is 5.07. The molecule has 5 nitrogen and oxygen atoms in total. The molecular weight excluding hydrogens is 338 g/mol. The number of hydrogen-bond donors (Lipinski definition) is 1. The van der Waals surface area contributed by atoms with Crippen molar-refractivity contribution in [2.24, 2.45) is 10.5 Å². The van der Waals surface area contributed by atoms with Gasteiger partial charge in [0.2, 0.25) is 0 Å². The number of nitrogens with one attached hydrogen (secondary N) is 1. The quantitative estimate of drug-likeness (QED) is 0.647. The second-order valence-electron chi connectivity index (χ2n) is 6.59. The lowest BCUT2D eigenvalue weighted by atomic mass is 9.95. The Morgan fingerprint density at radius 3 is 2.68 bits per heavy atom. The summed E-state index contributed by atoms with van der Waals surface area (Å²) in [5, 5.41) is 6.13. The van der Waals surface area contributed by atoms with Crippen LogP contribution in [0, 0.1) is 5.41 Å². The first-order chi connectivity index (χ1) is 12.0. The molecule has 25 heavy (non-hydrogen) atoms. The Morgan fingerprint density at radius 2 is 2.04 bits per heavy atom. The van der Waals surface area contributed by atoms with Gasteiger partial charge in [-0.2, -0.15) is 5.10 Å². The molecular formula is C19H20ClN3O2. The van der Waals surface area contributed by atoms with Crippen LogP contribution in [-0.2, 0) is 16.2 Å². The number of amides is 1. The molecule has 2 aromatic carbocycles. The lowest BCUT2D eigenvalue weighted by molar-refractivity contribution is -0.165.